The van der Waals surface area contributed by atoms with Crippen molar-refractivity contribution < 1.29 is 0 Å². The van der Waals surface area contributed by atoms with Gasteiger partial charge in [0.05, 0.1) is 0 Å². The van der Waals surface area contributed by atoms with E-state index >= 15 is 0 Å². The van der Waals surface area contributed by atoms with Crippen molar-refractivity contribution in [2.75, 3.05) is 0 Å². The van der Waals surface area contributed by atoms with E-state index in [1.54, 1.807) is 0 Å². The van der Waals surface area contributed by atoms with Gasteiger partial charge in [0.15, 0.2) is 0 Å². The second-order valence-corrected chi connectivity index (χ2v) is 2.94. The Morgan fingerprint density at radius 2 is 1.55 bits per heavy atom. The van der Waals surface area contributed by atoms with Gasteiger partial charge in [0, 0.05) is 0 Å². The molecule has 64 valence electrons. The maximum Gasteiger partial charge on any atom is -0.0144 e. The third-order valence-corrected chi connectivity index (χ3v) is 0.702. The van der Waals surface area contributed by atoms with E-state index in [9.17, 15) is 0 Å². The molecule has 0 N–H and O–H groups in total. The fraction of sp³-hybridized carbons (Fsp3) is 0.455. The van der Waals surface area contributed by atoms with Crippen molar-refractivity contribution in [2.24, 2.45) is 0 Å². The standard InChI is InChI=1S/C7H12.C4H8/c1-4-5-6-7(2)3;1-4(2)3/h4-5H,2,6H2,1,3H3;1H2,2-3H3/b5-4-;. The predicted molar refractivity (Wildman–Crippen MR) is 54.7 cm³/mol. The monoisotopic (exact) mass is 152 g/mol. The van der Waals surface area contributed by atoms with Gasteiger partial charge in [0.1, 0.15) is 0 Å². The fourth-order valence-electron chi connectivity index (χ4n) is 0.319. The minimum absolute atomic E-state index is 1.02. The molecule has 0 aromatic heterocycles. The van der Waals surface area contributed by atoms with E-state index in [-0.39, 0.29) is 0 Å². The lowest BCUT2D eigenvalue weighted by atomic mass is 10.2. The molecule has 0 saturated carbocycles. The predicted octanol–water partition coefficient (Wildman–Crippen LogP) is 4.11. The molecule has 0 heteroatoms. The highest BCUT2D eigenvalue weighted by Crippen LogP contribution is 1.94. The molecule has 0 radical (unpaired) electrons. The summed E-state index contributed by atoms with van der Waals surface area (Å²) < 4.78 is 0. The molecule has 0 aliphatic rings. The van der Waals surface area contributed by atoms with Crippen LogP contribution >= 0.6 is 0 Å². The zero-order valence-electron chi connectivity index (χ0n) is 8.28. The van der Waals surface area contributed by atoms with Gasteiger partial charge in [-0.05, 0) is 34.1 Å². The molecule has 0 aliphatic carbocycles. The van der Waals surface area contributed by atoms with Crippen LogP contribution in [0.2, 0.25) is 0 Å². The molecule has 0 aromatic rings. The summed E-state index contributed by atoms with van der Waals surface area (Å²) >= 11 is 0. The van der Waals surface area contributed by atoms with Crippen LogP contribution in [0.5, 0.6) is 0 Å². The Morgan fingerprint density at radius 1 is 1.18 bits per heavy atom. The van der Waals surface area contributed by atoms with E-state index in [0.717, 1.165) is 6.42 Å². The lowest BCUT2D eigenvalue weighted by Gasteiger charge is -1.84. The maximum atomic E-state index is 3.74. The zero-order valence-corrected chi connectivity index (χ0v) is 8.28. The molecule has 0 spiro atoms. The average molecular weight is 152 g/mol. The van der Waals surface area contributed by atoms with Crippen LogP contribution in [-0.2, 0) is 0 Å². The van der Waals surface area contributed by atoms with Gasteiger partial charge in [-0.3, -0.25) is 0 Å². The van der Waals surface area contributed by atoms with Gasteiger partial charge in [-0.25, -0.2) is 0 Å². The third-order valence-electron chi connectivity index (χ3n) is 0.702. The molecular weight excluding hydrogens is 132 g/mol. The van der Waals surface area contributed by atoms with Crippen LogP contribution in [0.3, 0.4) is 0 Å². The topological polar surface area (TPSA) is 0 Å². The van der Waals surface area contributed by atoms with Crippen LogP contribution in [0.25, 0.3) is 0 Å². The maximum absolute atomic E-state index is 3.74. The quantitative estimate of drug-likeness (QED) is 0.522. The Labute approximate surface area is 71.3 Å². The van der Waals surface area contributed by atoms with Crippen molar-refractivity contribution in [1.82, 2.24) is 0 Å². The highest BCUT2D eigenvalue weighted by molar-refractivity contribution is 4.97. The van der Waals surface area contributed by atoms with Gasteiger partial charge in [0.2, 0.25) is 0 Å². The van der Waals surface area contributed by atoms with Crippen LogP contribution in [0, 0.1) is 0 Å². The van der Waals surface area contributed by atoms with E-state index in [2.05, 4.69) is 19.2 Å². The van der Waals surface area contributed by atoms with E-state index in [1.165, 1.54) is 11.1 Å². The molecule has 0 bridgehead atoms. The van der Waals surface area contributed by atoms with Gasteiger partial charge in [-0.15, -0.1) is 6.58 Å². The van der Waals surface area contributed by atoms with Crippen LogP contribution in [0.15, 0.2) is 36.5 Å². The Morgan fingerprint density at radius 3 is 1.64 bits per heavy atom. The summed E-state index contributed by atoms with van der Waals surface area (Å²) in [5.74, 6) is 0. The van der Waals surface area contributed by atoms with Crippen molar-refractivity contribution >= 4 is 0 Å². The SMILES string of the molecule is C=C(C)C.C=C(C)C/C=C\C. The van der Waals surface area contributed by atoms with Crippen molar-refractivity contribution in [3.8, 4) is 0 Å². The molecule has 0 aliphatic heterocycles. The Bertz CT molecular complexity index is 134. The lowest BCUT2D eigenvalue weighted by Crippen LogP contribution is -1.63. The van der Waals surface area contributed by atoms with Gasteiger partial charge in [-0.1, -0.05) is 29.9 Å². The van der Waals surface area contributed by atoms with Crippen molar-refractivity contribution in [1.29, 1.82) is 0 Å². The summed E-state index contributed by atoms with van der Waals surface area (Å²) in [6.45, 7) is 15.3. The lowest BCUT2D eigenvalue weighted by molar-refractivity contribution is 1.22. The fourth-order valence-corrected chi connectivity index (χ4v) is 0.319. The Hall–Kier alpha value is -0.780. The van der Waals surface area contributed by atoms with Crippen LogP contribution in [0.1, 0.15) is 34.1 Å². The first-order chi connectivity index (χ1) is 5.00. The highest BCUT2D eigenvalue weighted by atomic mass is 13.8. The molecule has 0 atom stereocenters. The molecule has 0 nitrogen and oxygen atoms in total. The molecule has 0 rings (SSSR count). The van der Waals surface area contributed by atoms with E-state index in [4.69, 9.17) is 0 Å². The summed E-state index contributed by atoms with van der Waals surface area (Å²) in [5, 5.41) is 0. The minimum atomic E-state index is 1.02. The van der Waals surface area contributed by atoms with Gasteiger partial charge in [0.25, 0.3) is 0 Å². The first-order valence-corrected chi connectivity index (χ1v) is 3.88. The molecular formula is C11H20. The largest absolute Gasteiger partial charge is 0.100 e. The Kier molecular flexibility index (Phi) is 10.8. The first kappa shape index (κ1) is 12.9. The van der Waals surface area contributed by atoms with Crippen molar-refractivity contribution in [2.45, 2.75) is 34.1 Å². The summed E-state index contributed by atoms with van der Waals surface area (Å²) in [6, 6.07) is 0. The molecule has 0 fully saturated rings. The Balaban J connectivity index is 0. The summed E-state index contributed by atoms with van der Waals surface area (Å²) in [6.07, 6.45) is 5.16. The third kappa shape index (κ3) is 46.4. The second-order valence-electron chi connectivity index (χ2n) is 2.94. The smallest absolute Gasteiger partial charge is 0.0144 e. The highest BCUT2D eigenvalue weighted by Gasteiger charge is 1.73. The molecule has 0 heterocycles. The van der Waals surface area contributed by atoms with E-state index < -0.39 is 0 Å². The molecule has 0 unspecified atom stereocenters. The van der Waals surface area contributed by atoms with Crippen LogP contribution < -0.4 is 0 Å². The van der Waals surface area contributed by atoms with E-state index in [1.807, 2.05) is 33.8 Å². The molecule has 0 amide bonds. The van der Waals surface area contributed by atoms with Gasteiger partial charge in [-0.2, -0.15) is 0 Å². The van der Waals surface area contributed by atoms with Crippen molar-refractivity contribution in [3.63, 3.8) is 0 Å². The minimum Gasteiger partial charge on any atom is -0.100 e. The second kappa shape index (κ2) is 9.22. The molecule has 0 saturated heterocycles. The normalized spacial score (nSPS) is 8.73. The number of rotatable bonds is 2. The summed E-state index contributed by atoms with van der Waals surface area (Å²) in [7, 11) is 0. The number of allylic oxidation sites excluding steroid dienone is 4. The summed E-state index contributed by atoms with van der Waals surface area (Å²) in [5.41, 5.74) is 2.39. The molecule has 0 aromatic carbocycles. The number of hydrogen-bond acceptors (Lipinski definition) is 0. The van der Waals surface area contributed by atoms with Crippen LogP contribution in [-0.4, -0.2) is 0 Å². The van der Waals surface area contributed by atoms with Crippen molar-refractivity contribution in [3.05, 3.63) is 36.5 Å². The van der Waals surface area contributed by atoms with Gasteiger partial charge >= 0.3 is 0 Å². The number of hydrogen-bond donors (Lipinski definition) is 0. The molecule has 11 heavy (non-hydrogen) atoms. The average Bonchev–Trinajstić information content (AvgIpc) is 1.82. The zero-order chi connectivity index (χ0) is 9.28. The van der Waals surface area contributed by atoms with Gasteiger partial charge < -0.3 is 0 Å². The summed E-state index contributed by atoms with van der Waals surface area (Å²) in [4.78, 5) is 0. The van der Waals surface area contributed by atoms with Crippen LogP contribution in [0.4, 0.5) is 0 Å². The first-order valence-electron chi connectivity index (χ1n) is 3.88. The van der Waals surface area contributed by atoms with E-state index in [0.29, 0.717) is 0 Å².